The van der Waals surface area contributed by atoms with Crippen LogP contribution < -0.4 is 9.62 Å². The molecule has 2 aromatic rings. The minimum absolute atomic E-state index is 0.0204. The molecule has 3 rings (SSSR count). The molecule has 0 aliphatic carbocycles. The Morgan fingerprint density at radius 2 is 1.74 bits per heavy atom. The zero-order valence-corrected chi connectivity index (χ0v) is 16.0. The first-order valence-corrected chi connectivity index (χ1v) is 10.5. The molecule has 9 heteroatoms. The van der Waals surface area contributed by atoms with Gasteiger partial charge in [-0.2, -0.15) is 0 Å². The van der Waals surface area contributed by atoms with Crippen LogP contribution in [0.5, 0.6) is 0 Å². The molecule has 0 unspecified atom stereocenters. The molecule has 1 aliphatic rings. The molecule has 2 heterocycles. The highest BCUT2D eigenvalue weighted by atomic mass is 32.2. The zero-order valence-electron chi connectivity index (χ0n) is 15.2. The average molecular weight is 389 g/mol. The first-order chi connectivity index (χ1) is 12.9. The van der Waals surface area contributed by atoms with Gasteiger partial charge in [-0.1, -0.05) is 30.3 Å². The molecular weight excluding hydrogens is 366 g/mol. The smallest absolute Gasteiger partial charge is 0.234 e. The summed E-state index contributed by atoms with van der Waals surface area (Å²) in [6.45, 7) is 4.21. The fourth-order valence-electron chi connectivity index (χ4n) is 2.91. The largest absolute Gasteiger partial charge is 0.352 e. The first kappa shape index (κ1) is 19.1. The molecule has 27 heavy (non-hydrogen) atoms. The van der Waals surface area contributed by atoms with E-state index in [9.17, 15) is 13.2 Å². The van der Waals surface area contributed by atoms with Crippen molar-refractivity contribution in [2.24, 2.45) is 0 Å². The molecule has 0 radical (unpaired) electrons. The molecule has 0 atom stereocenters. The summed E-state index contributed by atoms with van der Waals surface area (Å²) in [5.41, 5.74) is 0.967. The van der Waals surface area contributed by atoms with Crippen LogP contribution in [0.1, 0.15) is 12.5 Å². The van der Waals surface area contributed by atoms with E-state index in [4.69, 9.17) is 0 Å². The van der Waals surface area contributed by atoms with Gasteiger partial charge >= 0.3 is 0 Å². The second-order valence-electron chi connectivity index (χ2n) is 6.43. The molecule has 0 spiro atoms. The average Bonchev–Trinajstić information content (AvgIpc) is 2.68. The third-order valence-electron chi connectivity index (χ3n) is 4.46. The molecule has 1 fully saturated rings. The maximum Gasteiger partial charge on any atom is 0.234 e. The number of carbonyl (C=O) groups is 1. The Balaban J connectivity index is 1.55. The highest BCUT2D eigenvalue weighted by molar-refractivity contribution is 7.92. The lowest BCUT2D eigenvalue weighted by Gasteiger charge is -2.34. The number of aryl methyl sites for hydroxylation is 1. The summed E-state index contributed by atoms with van der Waals surface area (Å²) in [4.78, 5) is 15.2. The van der Waals surface area contributed by atoms with Gasteiger partial charge in [0.25, 0.3) is 0 Å². The van der Waals surface area contributed by atoms with Gasteiger partial charge in [-0.3, -0.25) is 9.52 Å². The third-order valence-corrected chi connectivity index (χ3v) is 5.72. The highest BCUT2D eigenvalue weighted by Gasteiger charge is 2.20. The van der Waals surface area contributed by atoms with E-state index < -0.39 is 10.0 Å². The molecule has 1 aliphatic heterocycles. The number of rotatable bonds is 6. The normalized spacial score (nSPS) is 14.9. The number of nitrogens with zero attached hydrogens (tertiary/aromatic N) is 4. The molecule has 1 saturated heterocycles. The lowest BCUT2D eigenvalue weighted by atomic mass is 10.2. The van der Waals surface area contributed by atoms with Crippen LogP contribution in [0, 0.1) is 0 Å². The molecular formula is C18H23N5O3S. The van der Waals surface area contributed by atoms with Gasteiger partial charge < -0.3 is 9.80 Å². The molecule has 1 aromatic carbocycles. The van der Waals surface area contributed by atoms with Gasteiger partial charge in [0.2, 0.25) is 15.9 Å². The first-order valence-electron chi connectivity index (χ1n) is 8.81. The van der Waals surface area contributed by atoms with Gasteiger partial charge in [0.05, 0.1) is 5.75 Å². The van der Waals surface area contributed by atoms with Crippen molar-refractivity contribution in [3.63, 3.8) is 0 Å². The van der Waals surface area contributed by atoms with Crippen LogP contribution in [0.25, 0.3) is 0 Å². The van der Waals surface area contributed by atoms with Crippen LogP contribution in [0.15, 0.2) is 42.5 Å². The third kappa shape index (κ3) is 5.40. The van der Waals surface area contributed by atoms with Crippen LogP contribution in [-0.4, -0.2) is 61.4 Å². The van der Waals surface area contributed by atoms with Gasteiger partial charge in [-0.15, -0.1) is 10.2 Å². The van der Waals surface area contributed by atoms with Crippen molar-refractivity contribution >= 4 is 27.6 Å². The second-order valence-corrected chi connectivity index (χ2v) is 8.27. The Morgan fingerprint density at radius 3 is 2.33 bits per heavy atom. The molecule has 1 N–H and O–H groups in total. The van der Waals surface area contributed by atoms with Gasteiger partial charge in [-0.25, -0.2) is 8.42 Å². The number of hydrogen-bond acceptors (Lipinski definition) is 6. The summed E-state index contributed by atoms with van der Waals surface area (Å²) < 4.78 is 26.9. The highest BCUT2D eigenvalue weighted by Crippen LogP contribution is 2.15. The Hall–Kier alpha value is -2.68. The zero-order chi connectivity index (χ0) is 19.3. The predicted molar refractivity (Wildman–Crippen MR) is 104 cm³/mol. The van der Waals surface area contributed by atoms with E-state index in [1.54, 1.807) is 24.0 Å². The lowest BCUT2D eigenvalue weighted by Crippen LogP contribution is -2.48. The topological polar surface area (TPSA) is 95.5 Å². The fraction of sp³-hybridized carbons (Fsp3) is 0.389. The van der Waals surface area contributed by atoms with Crippen LogP contribution in [0.2, 0.25) is 0 Å². The minimum Gasteiger partial charge on any atom is -0.352 e. The number of carbonyl (C=O) groups excluding carboxylic acids is 1. The quantitative estimate of drug-likeness (QED) is 0.796. The minimum atomic E-state index is -3.50. The van der Waals surface area contributed by atoms with Crippen LogP contribution in [0.3, 0.4) is 0 Å². The van der Waals surface area contributed by atoms with Gasteiger partial charge in [0.1, 0.15) is 0 Å². The van der Waals surface area contributed by atoms with Crippen molar-refractivity contribution in [2.75, 3.05) is 41.6 Å². The summed E-state index contributed by atoms with van der Waals surface area (Å²) in [6, 6.07) is 12.8. The van der Waals surface area contributed by atoms with Crippen molar-refractivity contribution in [1.82, 2.24) is 15.1 Å². The Morgan fingerprint density at radius 1 is 1.04 bits per heavy atom. The van der Waals surface area contributed by atoms with E-state index >= 15 is 0 Å². The van der Waals surface area contributed by atoms with E-state index in [2.05, 4.69) is 14.9 Å². The molecule has 1 amide bonds. The van der Waals surface area contributed by atoms with Gasteiger partial charge in [-0.05, 0) is 24.1 Å². The van der Waals surface area contributed by atoms with Crippen molar-refractivity contribution < 1.29 is 13.2 Å². The SMILES string of the molecule is CC(=O)N1CCN(c2ccc(NS(=O)(=O)CCc3ccccc3)nn2)CC1. The van der Waals surface area contributed by atoms with Crippen molar-refractivity contribution in [2.45, 2.75) is 13.3 Å². The van der Waals surface area contributed by atoms with E-state index in [0.717, 1.165) is 5.56 Å². The number of hydrogen-bond donors (Lipinski definition) is 1. The van der Waals surface area contributed by atoms with Crippen molar-refractivity contribution in [1.29, 1.82) is 0 Å². The number of nitrogens with one attached hydrogen (secondary N) is 1. The van der Waals surface area contributed by atoms with Crippen molar-refractivity contribution in [3.05, 3.63) is 48.0 Å². The Bertz CT molecular complexity index is 864. The summed E-state index contributed by atoms with van der Waals surface area (Å²) in [6.07, 6.45) is 0.433. The number of anilines is 2. The number of piperazine rings is 1. The van der Waals surface area contributed by atoms with Crippen LogP contribution in [0.4, 0.5) is 11.6 Å². The summed E-state index contributed by atoms with van der Waals surface area (Å²) in [7, 11) is -3.50. The molecule has 0 saturated carbocycles. The van der Waals surface area contributed by atoms with E-state index in [0.29, 0.717) is 38.4 Å². The van der Waals surface area contributed by atoms with E-state index in [-0.39, 0.29) is 17.5 Å². The number of sulfonamides is 1. The summed E-state index contributed by atoms with van der Waals surface area (Å²) in [5, 5.41) is 8.11. The lowest BCUT2D eigenvalue weighted by molar-refractivity contribution is -0.129. The summed E-state index contributed by atoms with van der Waals surface area (Å²) in [5.74, 6) is 0.925. The maximum absolute atomic E-state index is 12.2. The molecule has 0 bridgehead atoms. The Labute approximate surface area is 159 Å². The molecule has 144 valence electrons. The van der Waals surface area contributed by atoms with Crippen molar-refractivity contribution in [3.8, 4) is 0 Å². The number of benzene rings is 1. The van der Waals surface area contributed by atoms with E-state index in [1.807, 2.05) is 35.2 Å². The van der Waals surface area contributed by atoms with Gasteiger partial charge in [0, 0.05) is 33.1 Å². The standard InChI is InChI=1S/C18H23N5O3S/c1-15(24)22-10-12-23(13-11-22)18-8-7-17(19-20-18)21-27(25,26)14-9-16-5-3-2-4-6-16/h2-8H,9-14H2,1H3,(H,19,21). The predicted octanol–water partition coefficient (Wildman–Crippen LogP) is 1.13. The number of aromatic nitrogens is 2. The molecule has 1 aromatic heterocycles. The Kier molecular flexibility index (Phi) is 5.90. The number of amides is 1. The second kappa shape index (κ2) is 8.34. The van der Waals surface area contributed by atoms with Gasteiger partial charge in [0.15, 0.2) is 11.6 Å². The van der Waals surface area contributed by atoms with Crippen LogP contribution in [-0.2, 0) is 21.2 Å². The fourth-order valence-corrected chi connectivity index (χ4v) is 3.94. The van der Waals surface area contributed by atoms with Crippen LogP contribution >= 0.6 is 0 Å². The summed E-state index contributed by atoms with van der Waals surface area (Å²) >= 11 is 0. The maximum atomic E-state index is 12.2. The monoisotopic (exact) mass is 389 g/mol. The van der Waals surface area contributed by atoms with E-state index in [1.165, 1.54) is 0 Å². The molecule has 8 nitrogen and oxygen atoms in total.